The highest BCUT2D eigenvalue weighted by Gasteiger charge is 2.36. The molecular formula is C21H28N2O4. The van der Waals surface area contributed by atoms with Crippen LogP contribution in [0.2, 0.25) is 0 Å². The third kappa shape index (κ3) is 4.26. The van der Waals surface area contributed by atoms with Crippen LogP contribution in [0.1, 0.15) is 58.1 Å². The lowest BCUT2D eigenvalue weighted by Crippen LogP contribution is -2.45. The van der Waals surface area contributed by atoms with Gasteiger partial charge in [0.2, 0.25) is 0 Å². The predicted molar refractivity (Wildman–Crippen MR) is 102 cm³/mol. The Bertz CT molecular complexity index is 743. The van der Waals surface area contributed by atoms with Gasteiger partial charge in [0, 0.05) is 11.3 Å². The maximum absolute atomic E-state index is 13.0. The Kier molecular flexibility index (Phi) is 6.04. The second-order valence-electron chi connectivity index (χ2n) is 7.31. The Morgan fingerprint density at radius 1 is 1.26 bits per heavy atom. The Morgan fingerprint density at radius 2 is 2.04 bits per heavy atom. The monoisotopic (exact) mass is 372 g/mol. The first kappa shape index (κ1) is 19.3. The summed E-state index contributed by atoms with van der Waals surface area (Å²) in [5.74, 6) is 0.646. The molecule has 1 aromatic carbocycles. The summed E-state index contributed by atoms with van der Waals surface area (Å²) in [5.41, 5.74) is 1.71. The summed E-state index contributed by atoms with van der Waals surface area (Å²) in [7, 11) is 0. The highest BCUT2D eigenvalue weighted by atomic mass is 16.5. The maximum atomic E-state index is 13.0. The topological polar surface area (TPSA) is 76.7 Å². The number of esters is 1. The van der Waals surface area contributed by atoms with Crippen LogP contribution in [0.4, 0.5) is 4.79 Å². The number of ether oxygens (including phenoxy) is 2. The highest BCUT2D eigenvalue weighted by Crippen LogP contribution is 2.35. The Balaban J connectivity index is 1.91. The van der Waals surface area contributed by atoms with Crippen LogP contribution >= 0.6 is 0 Å². The van der Waals surface area contributed by atoms with Crippen molar-refractivity contribution >= 4 is 12.0 Å². The molecule has 0 saturated heterocycles. The van der Waals surface area contributed by atoms with Gasteiger partial charge in [-0.05, 0) is 44.6 Å². The van der Waals surface area contributed by atoms with Gasteiger partial charge in [0.15, 0.2) is 0 Å². The molecule has 27 heavy (non-hydrogen) atoms. The third-order valence-corrected chi connectivity index (χ3v) is 5.22. The molecular weight excluding hydrogens is 344 g/mol. The molecule has 0 spiro atoms. The summed E-state index contributed by atoms with van der Waals surface area (Å²) in [6.07, 6.45) is 3.84. The van der Waals surface area contributed by atoms with Crippen molar-refractivity contribution in [2.24, 2.45) is 5.92 Å². The van der Waals surface area contributed by atoms with Gasteiger partial charge in [0.1, 0.15) is 11.9 Å². The first-order chi connectivity index (χ1) is 13.0. The highest BCUT2D eigenvalue weighted by molar-refractivity contribution is 5.95. The molecule has 1 saturated carbocycles. The number of nitrogens with one attached hydrogen (secondary N) is 2. The molecule has 1 fully saturated rings. The first-order valence-corrected chi connectivity index (χ1v) is 9.72. The summed E-state index contributed by atoms with van der Waals surface area (Å²) in [6, 6.07) is 6.55. The second-order valence-corrected chi connectivity index (χ2v) is 7.31. The van der Waals surface area contributed by atoms with Gasteiger partial charge in [-0.2, -0.15) is 0 Å². The van der Waals surface area contributed by atoms with Gasteiger partial charge in [-0.25, -0.2) is 9.59 Å². The fraction of sp³-hybridized carbons (Fsp3) is 0.524. The summed E-state index contributed by atoms with van der Waals surface area (Å²) < 4.78 is 11.7. The van der Waals surface area contributed by atoms with E-state index in [2.05, 4.69) is 17.6 Å². The molecule has 1 heterocycles. The standard InChI is InChI=1S/C21H28N2O4/c1-4-12-26-17-10-6-5-9-15(17)19-18(14(3)22-21(25)23-19)20(24)27-16-11-7-8-13(16)2/h5-6,9-10,13,16,19H,4,7-8,11-12H2,1-3H3,(H2,22,23,25)/t13-,16+,19-/m0/s1. The second kappa shape index (κ2) is 8.46. The summed E-state index contributed by atoms with van der Waals surface area (Å²) in [5, 5.41) is 5.55. The number of amides is 2. The van der Waals surface area contributed by atoms with Crippen molar-refractivity contribution in [1.29, 1.82) is 0 Å². The molecule has 1 aromatic rings. The number of carbonyl (C=O) groups is 2. The zero-order valence-corrected chi connectivity index (χ0v) is 16.2. The van der Waals surface area contributed by atoms with Crippen LogP contribution in [0, 0.1) is 5.92 Å². The fourth-order valence-electron chi connectivity index (χ4n) is 3.75. The third-order valence-electron chi connectivity index (χ3n) is 5.22. The van der Waals surface area contributed by atoms with Crippen molar-refractivity contribution in [3.05, 3.63) is 41.1 Å². The molecule has 1 aliphatic heterocycles. The molecule has 146 valence electrons. The summed E-state index contributed by atoms with van der Waals surface area (Å²) in [6.45, 7) is 6.44. The summed E-state index contributed by atoms with van der Waals surface area (Å²) >= 11 is 0. The zero-order valence-electron chi connectivity index (χ0n) is 16.2. The number of allylic oxidation sites excluding steroid dienone is 1. The Hall–Kier alpha value is -2.50. The number of rotatable bonds is 6. The van der Waals surface area contributed by atoms with E-state index in [9.17, 15) is 9.59 Å². The van der Waals surface area contributed by atoms with E-state index >= 15 is 0 Å². The van der Waals surface area contributed by atoms with Gasteiger partial charge < -0.3 is 20.1 Å². The molecule has 2 amide bonds. The minimum absolute atomic E-state index is 0.0670. The molecule has 0 bridgehead atoms. The number of benzene rings is 1. The van der Waals surface area contributed by atoms with E-state index in [0.717, 1.165) is 31.2 Å². The zero-order chi connectivity index (χ0) is 19.4. The van der Waals surface area contributed by atoms with Crippen LogP contribution in [0.5, 0.6) is 5.75 Å². The van der Waals surface area contributed by atoms with Gasteiger partial charge in [0.25, 0.3) is 0 Å². The van der Waals surface area contributed by atoms with E-state index in [1.165, 1.54) is 0 Å². The molecule has 0 radical (unpaired) electrons. The number of hydrogen-bond donors (Lipinski definition) is 2. The van der Waals surface area contributed by atoms with Crippen molar-refractivity contribution in [3.8, 4) is 5.75 Å². The average molecular weight is 372 g/mol. The van der Waals surface area contributed by atoms with Gasteiger partial charge >= 0.3 is 12.0 Å². The van der Waals surface area contributed by atoms with Crippen molar-refractivity contribution < 1.29 is 19.1 Å². The molecule has 2 N–H and O–H groups in total. The average Bonchev–Trinajstić information content (AvgIpc) is 3.04. The SMILES string of the molecule is CCCOc1ccccc1[C@@H]1NC(=O)NC(C)=C1C(=O)O[C@@H]1CCC[C@@H]1C. The molecule has 2 aliphatic rings. The van der Waals surface area contributed by atoms with E-state index in [-0.39, 0.29) is 18.1 Å². The maximum Gasteiger partial charge on any atom is 0.338 e. The molecule has 6 heteroatoms. The number of para-hydroxylation sites is 1. The van der Waals surface area contributed by atoms with Gasteiger partial charge in [-0.15, -0.1) is 0 Å². The fourth-order valence-corrected chi connectivity index (χ4v) is 3.75. The molecule has 6 nitrogen and oxygen atoms in total. The minimum Gasteiger partial charge on any atom is -0.493 e. The smallest absolute Gasteiger partial charge is 0.338 e. The predicted octanol–water partition coefficient (Wildman–Crippen LogP) is 3.84. The normalized spacial score (nSPS) is 25.0. The minimum atomic E-state index is -0.601. The molecule has 3 rings (SSSR count). The van der Waals surface area contributed by atoms with Crippen LogP contribution < -0.4 is 15.4 Å². The molecule has 0 aromatic heterocycles. The lowest BCUT2D eigenvalue weighted by atomic mass is 9.94. The van der Waals surface area contributed by atoms with E-state index < -0.39 is 6.04 Å². The van der Waals surface area contributed by atoms with Crippen molar-refractivity contribution in [3.63, 3.8) is 0 Å². The van der Waals surface area contributed by atoms with E-state index in [4.69, 9.17) is 9.47 Å². The van der Waals surface area contributed by atoms with Gasteiger partial charge in [-0.1, -0.05) is 32.0 Å². The van der Waals surface area contributed by atoms with Gasteiger partial charge in [-0.3, -0.25) is 0 Å². The Morgan fingerprint density at radius 3 is 2.74 bits per heavy atom. The lowest BCUT2D eigenvalue weighted by molar-refractivity contribution is -0.146. The van der Waals surface area contributed by atoms with Crippen LogP contribution in [0.3, 0.4) is 0 Å². The van der Waals surface area contributed by atoms with Crippen molar-refractivity contribution in [1.82, 2.24) is 10.6 Å². The number of carbonyl (C=O) groups excluding carboxylic acids is 2. The first-order valence-electron chi connectivity index (χ1n) is 9.72. The van der Waals surface area contributed by atoms with Gasteiger partial charge in [0.05, 0.1) is 18.2 Å². The number of hydrogen-bond acceptors (Lipinski definition) is 4. The van der Waals surface area contributed by atoms with Crippen LogP contribution in [0.15, 0.2) is 35.5 Å². The van der Waals surface area contributed by atoms with Crippen molar-refractivity contribution in [2.75, 3.05) is 6.61 Å². The summed E-state index contributed by atoms with van der Waals surface area (Å²) in [4.78, 5) is 25.1. The molecule has 0 unspecified atom stereocenters. The van der Waals surface area contributed by atoms with E-state index in [1.807, 2.05) is 31.2 Å². The van der Waals surface area contributed by atoms with Crippen LogP contribution in [-0.2, 0) is 9.53 Å². The quantitative estimate of drug-likeness (QED) is 0.744. The lowest BCUT2D eigenvalue weighted by Gasteiger charge is -2.30. The van der Waals surface area contributed by atoms with Crippen LogP contribution in [-0.4, -0.2) is 24.7 Å². The van der Waals surface area contributed by atoms with Crippen molar-refractivity contribution in [2.45, 2.75) is 58.6 Å². The van der Waals surface area contributed by atoms with E-state index in [0.29, 0.717) is 29.5 Å². The molecule has 3 atom stereocenters. The largest absolute Gasteiger partial charge is 0.493 e. The van der Waals surface area contributed by atoms with Crippen LogP contribution in [0.25, 0.3) is 0 Å². The number of urea groups is 1. The Labute approximate surface area is 160 Å². The molecule has 1 aliphatic carbocycles. The van der Waals surface area contributed by atoms with E-state index in [1.54, 1.807) is 6.92 Å².